The monoisotopic (exact) mass is 553 g/mol. The van der Waals surface area contributed by atoms with Crippen LogP contribution in [0, 0.1) is 0 Å². The number of rotatable bonds is 12. The van der Waals surface area contributed by atoms with E-state index in [1.54, 1.807) is 0 Å². The lowest BCUT2D eigenvalue weighted by atomic mass is 10.0. The van der Waals surface area contributed by atoms with Gasteiger partial charge in [-0.25, -0.2) is 4.79 Å². The zero-order valence-electron chi connectivity index (χ0n) is 18.7. The van der Waals surface area contributed by atoms with E-state index in [4.69, 9.17) is 14.2 Å². The van der Waals surface area contributed by atoms with E-state index in [1.807, 2.05) is 6.92 Å². The SMILES string of the molecule is CCCCCCOc1nsnc1C1=CCC[N+](C)(C(C)OC(=O)OCCCC)C1.[I-]. The van der Waals surface area contributed by atoms with Crippen molar-refractivity contribution >= 4 is 23.5 Å². The number of halogens is 1. The molecule has 30 heavy (non-hydrogen) atoms. The van der Waals surface area contributed by atoms with Gasteiger partial charge in [0, 0.05) is 18.9 Å². The molecule has 2 rings (SSSR count). The predicted molar refractivity (Wildman–Crippen MR) is 115 cm³/mol. The van der Waals surface area contributed by atoms with Gasteiger partial charge in [0.1, 0.15) is 12.2 Å². The lowest BCUT2D eigenvalue weighted by molar-refractivity contribution is -0.944. The number of hydrogen-bond donors (Lipinski definition) is 0. The summed E-state index contributed by atoms with van der Waals surface area (Å²) in [5.41, 5.74) is 1.93. The Labute approximate surface area is 202 Å². The second-order valence-corrected chi connectivity index (χ2v) is 8.40. The normalized spacial score (nSPS) is 19.4. The Morgan fingerprint density at radius 1 is 1.17 bits per heavy atom. The molecule has 2 atom stereocenters. The summed E-state index contributed by atoms with van der Waals surface area (Å²) in [7, 11) is 2.10. The molecule has 1 aromatic rings. The summed E-state index contributed by atoms with van der Waals surface area (Å²) in [5.74, 6) is 0.624. The van der Waals surface area contributed by atoms with Gasteiger partial charge in [0.25, 0.3) is 5.88 Å². The van der Waals surface area contributed by atoms with Gasteiger partial charge in [-0.2, -0.15) is 4.37 Å². The maximum absolute atomic E-state index is 12.0. The molecule has 0 saturated carbocycles. The van der Waals surface area contributed by atoms with E-state index in [-0.39, 0.29) is 30.2 Å². The summed E-state index contributed by atoms with van der Waals surface area (Å²) in [4.78, 5) is 12.0. The predicted octanol–water partition coefficient (Wildman–Crippen LogP) is 2.03. The van der Waals surface area contributed by atoms with Crippen molar-refractivity contribution in [1.82, 2.24) is 8.75 Å². The third-order valence-electron chi connectivity index (χ3n) is 5.42. The lowest BCUT2D eigenvalue weighted by Crippen LogP contribution is -3.00. The number of aromatic nitrogens is 2. The standard InChI is InChI=1S/C21H36N3O4S.HI/c1-5-7-9-10-15-26-20-19(22-29-23-20)18-12-11-13-24(4,16-18)17(3)28-21(25)27-14-8-6-2;/h12,17H,5-11,13-16H2,1-4H3;1H/q+1;/p-1. The van der Waals surface area contributed by atoms with Crippen LogP contribution in [0.5, 0.6) is 5.88 Å². The Morgan fingerprint density at radius 2 is 1.93 bits per heavy atom. The van der Waals surface area contributed by atoms with Crippen LogP contribution in [0.1, 0.15) is 71.4 Å². The molecule has 2 unspecified atom stereocenters. The van der Waals surface area contributed by atoms with Gasteiger partial charge in [0.2, 0.25) is 6.23 Å². The molecule has 0 N–H and O–H groups in total. The molecule has 2 heterocycles. The van der Waals surface area contributed by atoms with Crippen LogP contribution in [-0.2, 0) is 9.47 Å². The number of hydrogen-bond acceptors (Lipinski definition) is 7. The van der Waals surface area contributed by atoms with Crippen LogP contribution in [-0.4, -0.2) is 59.0 Å². The fourth-order valence-electron chi connectivity index (χ4n) is 3.32. The van der Waals surface area contributed by atoms with Gasteiger partial charge in [-0.3, -0.25) is 4.48 Å². The van der Waals surface area contributed by atoms with Crippen molar-refractivity contribution in [3.63, 3.8) is 0 Å². The molecule has 0 amide bonds. The average Bonchev–Trinajstić information content (AvgIpc) is 3.16. The number of quaternary nitrogens is 1. The molecule has 0 saturated heterocycles. The van der Waals surface area contributed by atoms with Gasteiger partial charge in [0.15, 0.2) is 0 Å². The second kappa shape index (κ2) is 14.2. The minimum absolute atomic E-state index is 0. The fourth-order valence-corrected chi connectivity index (χ4v) is 3.85. The third-order valence-corrected chi connectivity index (χ3v) is 5.94. The number of ether oxygens (including phenoxy) is 3. The van der Waals surface area contributed by atoms with Crippen LogP contribution in [0.4, 0.5) is 4.79 Å². The molecule has 0 aromatic carbocycles. The van der Waals surface area contributed by atoms with E-state index in [9.17, 15) is 4.79 Å². The smallest absolute Gasteiger partial charge is 0.512 e. The molecule has 9 heteroatoms. The van der Waals surface area contributed by atoms with Crippen LogP contribution in [0.25, 0.3) is 5.57 Å². The zero-order valence-corrected chi connectivity index (χ0v) is 21.7. The first-order chi connectivity index (χ1) is 14.0. The lowest BCUT2D eigenvalue weighted by Gasteiger charge is -2.41. The molecule has 7 nitrogen and oxygen atoms in total. The topological polar surface area (TPSA) is 70.5 Å². The second-order valence-electron chi connectivity index (χ2n) is 7.88. The van der Waals surface area contributed by atoms with Crippen LogP contribution in [0.3, 0.4) is 0 Å². The first-order valence-electron chi connectivity index (χ1n) is 10.8. The molecule has 0 aliphatic carbocycles. The fraction of sp³-hybridized carbons (Fsp3) is 0.762. The summed E-state index contributed by atoms with van der Waals surface area (Å²) in [6, 6.07) is 0. The Kier molecular flexibility index (Phi) is 12.8. The first-order valence-corrected chi connectivity index (χ1v) is 11.6. The summed E-state index contributed by atoms with van der Waals surface area (Å²) >= 11 is 1.18. The molecule has 0 spiro atoms. The van der Waals surface area contributed by atoms with Crippen molar-refractivity contribution in [1.29, 1.82) is 0 Å². The van der Waals surface area contributed by atoms with Crippen molar-refractivity contribution in [3.8, 4) is 5.88 Å². The van der Waals surface area contributed by atoms with Gasteiger partial charge in [-0.1, -0.05) is 45.6 Å². The maximum Gasteiger partial charge on any atom is 0.512 e. The highest BCUT2D eigenvalue weighted by Crippen LogP contribution is 2.31. The van der Waals surface area contributed by atoms with E-state index in [1.165, 1.54) is 31.0 Å². The Bertz CT molecular complexity index is 670. The number of carbonyl (C=O) groups excluding carboxylic acids is 1. The quantitative estimate of drug-likeness (QED) is 0.171. The molecule has 1 aliphatic rings. The molecular formula is C21H36IN3O4S. The summed E-state index contributed by atoms with van der Waals surface area (Å²) in [5, 5.41) is 0. The van der Waals surface area contributed by atoms with Crippen LogP contribution in [0.2, 0.25) is 0 Å². The number of nitrogens with zero attached hydrogens (tertiary/aromatic N) is 3. The highest BCUT2D eigenvalue weighted by Gasteiger charge is 2.37. The molecular weight excluding hydrogens is 517 g/mol. The van der Waals surface area contributed by atoms with Crippen LogP contribution < -0.4 is 28.7 Å². The van der Waals surface area contributed by atoms with Gasteiger partial charge in [0.05, 0.1) is 38.5 Å². The molecule has 1 aliphatic heterocycles. The summed E-state index contributed by atoms with van der Waals surface area (Å²) in [6.45, 7) is 8.85. The average molecular weight is 554 g/mol. The first kappa shape index (κ1) is 27.1. The summed E-state index contributed by atoms with van der Waals surface area (Å²) < 4.78 is 26.0. The summed E-state index contributed by atoms with van der Waals surface area (Å²) in [6.07, 6.45) is 8.66. The van der Waals surface area contributed by atoms with Crippen molar-refractivity contribution in [2.45, 2.75) is 71.9 Å². The highest BCUT2D eigenvalue weighted by atomic mass is 127. The Hall–Kier alpha value is -0.940. The molecule has 1 aromatic heterocycles. The zero-order chi connectivity index (χ0) is 21.1. The minimum atomic E-state index is -0.590. The van der Waals surface area contributed by atoms with Crippen molar-refractivity contribution in [3.05, 3.63) is 11.8 Å². The largest absolute Gasteiger partial charge is 1.00 e. The van der Waals surface area contributed by atoms with E-state index in [0.717, 1.165) is 43.5 Å². The molecule has 0 radical (unpaired) electrons. The van der Waals surface area contributed by atoms with E-state index < -0.39 is 6.16 Å². The molecule has 0 bridgehead atoms. The van der Waals surface area contributed by atoms with E-state index in [2.05, 4.69) is 35.7 Å². The van der Waals surface area contributed by atoms with Crippen LogP contribution >= 0.6 is 11.7 Å². The minimum Gasteiger partial charge on any atom is -1.00 e. The van der Waals surface area contributed by atoms with E-state index >= 15 is 0 Å². The van der Waals surface area contributed by atoms with Crippen LogP contribution in [0.15, 0.2) is 6.08 Å². The van der Waals surface area contributed by atoms with Crippen molar-refractivity contribution in [2.75, 3.05) is 33.4 Å². The number of unbranched alkanes of at least 4 members (excludes halogenated alkanes) is 4. The Morgan fingerprint density at radius 3 is 2.67 bits per heavy atom. The number of carbonyl (C=O) groups is 1. The highest BCUT2D eigenvalue weighted by molar-refractivity contribution is 6.99. The number of likely N-dealkylation sites (N-methyl/N-ethyl adjacent to an activating group) is 1. The third kappa shape index (κ3) is 8.30. The van der Waals surface area contributed by atoms with Gasteiger partial charge in [-0.05, 0) is 12.8 Å². The van der Waals surface area contributed by atoms with Crippen molar-refractivity contribution in [2.24, 2.45) is 0 Å². The van der Waals surface area contributed by atoms with Gasteiger partial charge >= 0.3 is 6.16 Å². The van der Waals surface area contributed by atoms with Crippen molar-refractivity contribution < 1.29 is 47.5 Å². The Balaban J connectivity index is 0.00000450. The molecule has 172 valence electrons. The maximum atomic E-state index is 12.0. The van der Waals surface area contributed by atoms with Gasteiger partial charge in [-0.15, -0.1) is 4.37 Å². The van der Waals surface area contributed by atoms with Gasteiger partial charge < -0.3 is 38.2 Å². The van der Waals surface area contributed by atoms with E-state index in [0.29, 0.717) is 30.1 Å². The molecule has 0 fully saturated rings.